The van der Waals surface area contributed by atoms with E-state index in [0.29, 0.717) is 13.0 Å². The smallest absolute Gasteiger partial charge is 0.119 e. The zero-order chi connectivity index (χ0) is 10.6. The normalized spacial score (nSPS) is 12.6. The van der Waals surface area contributed by atoms with E-state index in [1.807, 2.05) is 25.1 Å². The Morgan fingerprint density at radius 2 is 2.21 bits per heavy atom. The van der Waals surface area contributed by atoms with E-state index in [0.717, 1.165) is 16.9 Å². The third-order valence-corrected chi connectivity index (χ3v) is 2.28. The van der Waals surface area contributed by atoms with Crippen LogP contribution in [0.5, 0.6) is 5.75 Å². The van der Waals surface area contributed by atoms with Gasteiger partial charge in [-0.1, -0.05) is 6.07 Å². The van der Waals surface area contributed by atoms with Crippen LogP contribution in [0.2, 0.25) is 0 Å². The van der Waals surface area contributed by atoms with Crippen LogP contribution in [0.1, 0.15) is 11.1 Å². The molecule has 1 unspecified atom stereocenters. The first-order valence-corrected chi connectivity index (χ1v) is 4.69. The topological polar surface area (TPSA) is 55.5 Å². The van der Waals surface area contributed by atoms with Crippen LogP contribution in [0, 0.1) is 6.92 Å². The van der Waals surface area contributed by atoms with Crippen LogP contribution in [0.25, 0.3) is 0 Å². The minimum Gasteiger partial charge on any atom is -0.497 e. The number of rotatable bonds is 4. The average molecular weight is 195 g/mol. The van der Waals surface area contributed by atoms with Crippen molar-refractivity contribution < 1.29 is 9.84 Å². The first-order valence-electron chi connectivity index (χ1n) is 4.69. The molecule has 1 aromatic carbocycles. The number of hydrogen-bond donors (Lipinski definition) is 2. The number of benzene rings is 1. The van der Waals surface area contributed by atoms with Gasteiger partial charge in [0.15, 0.2) is 0 Å². The molecule has 0 fully saturated rings. The predicted molar refractivity (Wildman–Crippen MR) is 56.5 cm³/mol. The van der Waals surface area contributed by atoms with Crippen LogP contribution in [0.3, 0.4) is 0 Å². The van der Waals surface area contributed by atoms with Crippen LogP contribution in [-0.2, 0) is 6.42 Å². The lowest BCUT2D eigenvalue weighted by Gasteiger charge is -2.11. The molecule has 1 aromatic rings. The highest BCUT2D eigenvalue weighted by molar-refractivity contribution is 5.35. The Morgan fingerprint density at radius 3 is 2.71 bits per heavy atom. The number of ether oxygens (including phenoxy) is 1. The van der Waals surface area contributed by atoms with Gasteiger partial charge in [-0.2, -0.15) is 0 Å². The fourth-order valence-corrected chi connectivity index (χ4v) is 1.36. The number of methoxy groups -OCH3 is 1. The molecule has 0 amide bonds. The molecule has 0 aromatic heterocycles. The maximum atomic E-state index is 9.41. The molecular weight excluding hydrogens is 178 g/mol. The summed E-state index contributed by atoms with van der Waals surface area (Å²) in [6, 6.07) is 5.82. The maximum absolute atomic E-state index is 9.41. The Balaban J connectivity index is 2.78. The highest BCUT2D eigenvalue weighted by Crippen LogP contribution is 2.17. The second kappa shape index (κ2) is 4.98. The molecule has 0 aliphatic rings. The molecule has 1 atom stereocenters. The number of aliphatic hydroxyl groups excluding tert-OH is 1. The van der Waals surface area contributed by atoms with Crippen molar-refractivity contribution in [1.82, 2.24) is 0 Å². The summed E-state index contributed by atoms with van der Waals surface area (Å²) in [6.45, 7) is 2.30. The lowest BCUT2D eigenvalue weighted by Crippen LogP contribution is -2.22. The Morgan fingerprint density at radius 1 is 1.50 bits per heavy atom. The third-order valence-electron chi connectivity index (χ3n) is 2.28. The van der Waals surface area contributed by atoms with Crippen molar-refractivity contribution in [3.05, 3.63) is 29.3 Å². The molecule has 3 N–H and O–H groups in total. The van der Waals surface area contributed by atoms with E-state index < -0.39 is 6.10 Å². The fraction of sp³-hybridized carbons (Fsp3) is 0.455. The van der Waals surface area contributed by atoms with Gasteiger partial charge in [-0.3, -0.25) is 0 Å². The second-order valence-electron chi connectivity index (χ2n) is 3.39. The Kier molecular flexibility index (Phi) is 3.92. The number of aliphatic hydroxyl groups is 1. The summed E-state index contributed by atoms with van der Waals surface area (Å²) in [6.07, 6.45) is 0.147. The molecule has 0 saturated heterocycles. The van der Waals surface area contributed by atoms with Gasteiger partial charge in [0.25, 0.3) is 0 Å². The zero-order valence-corrected chi connectivity index (χ0v) is 8.66. The summed E-state index contributed by atoms with van der Waals surface area (Å²) in [4.78, 5) is 0. The van der Waals surface area contributed by atoms with Gasteiger partial charge in [-0.15, -0.1) is 0 Å². The summed E-state index contributed by atoms with van der Waals surface area (Å²) >= 11 is 0. The van der Waals surface area contributed by atoms with Crippen molar-refractivity contribution in [2.45, 2.75) is 19.4 Å². The quantitative estimate of drug-likeness (QED) is 0.749. The molecule has 0 aliphatic carbocycles. The van der Waals surface area contributed by atoms with E-state index in [4.69, 9.17) is 10.5 Å². The van der Waals surface area contributed by atoms with Gasteiger partial charge in [0, 0.05) is 6.54 Å². The van der Waals surface area contributed by atoms with Gasteiger partial charge in [0.2, 0.25) is 0 Å². The van der Waals surface area contributed by atoms with E-state index in [1.165, 1.54) is 0 Å². The lowest BCUT2D eigenvalue weighted by atomic mass is 10.0. The van der Waals surface area contributed by atoms with Crippen molar-refractivity contribution in [3.8, 4) is 5.75 Å². The maximum Gasteiger partial charge on any atom is 0.119 e. The summed E-state index contributed by atoms with van der Waals surface area (Å²) in [5, 5.41) is 9.41. The van der Waals surface area contributed by atoms with Gasteiger partial charge in [-0.25, -0.2) is 0 Å². The van der Waals surface area contributed by atoms with E-state index in [9.17, 15) is 5.11 Å². The summed E-state index contributed by atoms with van der Waals surface area (Å²) in [5.41, 5.74) is 7.59. The van der Waals surface area contributed by atoms with Gasteiger partial charge in [0.05, 0.1) is 13.2 Å². The van der Waals surface area contributed by atoms with Gasteiger partial charge in [-0.05, 0) is 36.6 Å². The predicted octanol–water partition coefficient (Wildman–Crippen LogP) is 0.866. The van der Waals surface area contributed by atoms with E-state index in [1.54, 1.807) is 7.11 Å². The first-order chi connectivity index (χ1) is 6.67. The molecule has 0 heterocycles. The molecule has 78 valence electrons. The fourth-order valence-electron chi connectivity index (χ4n) is 1.36. The molecule has 3 nitrogen and oxygen atoms in total. The third kappa shape index (κ3) is 2.72. The molecule has 0 aliphatic heterocycles. The number of nitrogens with two attached hydrogens (primary N) is 1. The standard InChI is InChI=1S/C11H17NO2/c1-8-5-11(14-2)4-3-9(8)6-10(13)7-12/h3-5,10,13H,6-7,12H2,1-2H3. The van der Waals surface area contributed by atoms with Crippen molar-refractivity contribution in [3.63, 3.8) is 0 Å². The average Bonchev–Trinajstić information content (AvgIpc) is 2.20. The van der Waals surface area contributed by atoms with Gasteiger partial charge >= 0.3 is 0 Å². The minimum absolute atomic E-state index is 0.297. The summed E-state index contributed by atoms with van der Waals surface area (Å²) in [5.74, 6) is 0.841. The molecule has 0 bridgehead atoms. The molecule has 0 spiro atoms. The molecule has 0 saturated carbocycles. The Labute approximate surface area is 84.5 Å². The monoisotopic (exact) mass is 195 g/mol. The highest BCUT2D eigenvalue weighted by atomic mass is 16.5. The van der Waals surface area contributed by atoms with Gasteiger partial charge < -0.3 is 15.6 Å². The van der Waals surface area contributed by atoms with Crippen LogP contribution in [0.15, 0.2) is 18.2 Å². The number of hydrogen-bond acceptors (Lipinski definition) is 3. The second-order valence-corrected chi connectivity index (χ2v) is 3.39. The van der Waals surface area contributed by atoms with Crippen molar-refractivity contribution in [2.75, 3.05) is 13.7 Å². The molecule has 14 heavy (non-hydrogen) atoms. The van der Waals surface area contributed by atoms with Crippen LogP contribution < -0.4 is 10.5 Å². The molecule has 3 heteroatoms. The zero-order valence-electron chi connectivity index (χ0n) is 8.66. The van der Waals surface area contributed by atoms with Crippen molar-refractivity contribution >= 4 is 0 Å². The number of aryl methyl sites for hydroxylation is 1. The van der Waals surface area contributed by atoms with E-state index in [2.05, 4.69) is 0 Å². The van der Waals surface area contributed by atoms with E-state index >= 15 is 0 Å². The Bertz CT molecular complexity index is 299. The molecule has 1 rings (SSSR count). The van der Waals surface area contributed by atoms with Crippen molar-refractivity contribution in [2.24, 2.45) is 5.73 Å². The molecule has 0 radical (unpaired) electrons. The highest BCUT2D eigenvalue weighted by Gasteiger charge is 2.06. The lowest BCUT2D eigenvalue weighted by molar-refractivity contribution is 0.183. The van der Waals surface area contributed by atoms with Crippen LogP contribution in [0.4, 0.5) is 0 Å². The first kappa shape index (κ1) is 11.0. The van der Waals surface area contributed by atoms with Gasteiger partial charge in [0.1, 0.15) is 5.75 Å². The van der Waals surface area contributed by atoms with E-state index in [-0.39, 0.29) is 0 Å². The summed E-state index contributed by atoms with van der Waals surface area (Å²) in [7, 11) is 1.64. The largest absolute Gasteiger partial charge is 0.497 e. The molecular formula is C11H17NO2. The van der Waals surface area contributed by atoms with Crippen LogP contribution >= 0.6 is 0 Å². The van der Waals surface area contributed by atoms with Crippen LogP contribution in [-0.4, -0.2) is 24.9 Å². The minimum atomic E-state index is -0.456. The SMILES string of the molecule is COc1ccc(CC(O)CN)c(C)c1. The summed E-state index contributed by atoms with van der Waals surface area (Å²) < 4.78 is 5.09. The van der Waals surface area contributed by atoms with Crippen molar-refractivity contribution in [1.29, 1.82) is 0 Å². The Hall–Kier alpha value is -1.06.